The molecule has 0 amide bonds. The van der Waals surface area contributed by atoms with Gasteiger partial charge < -0.3 is 14.6 Å². The average molecular weight is 453 g/mol. The minimum Gasteiger partial charge on any atom is -0.493 e. The first-order valence-corrected chi connectivity index (χ1v) is 10.6. The number of methoxy groups -OCH3 is 2. The molecule has 164 valence electrons. The van der Waals surface area contributed by atoms with Crippen molar-refractivity contribution in [3.63, 3.8) is 0 Å². The number of aromatic carboxylic acids is 1. The lowest BCUT2D eigenvalue weighted by atomic mass is 9.93. The Hall–Kier alpha value is -3.38. The Morgan fingerprint density at radius 1 is 1.16 bits per heavy atom. The van der Waals surface area contributed by atoms with E-state index in [0.717, 1.165) is 11.1 Å². The Kier molecular flexibility index (Phi) is 6.15. The normalized spacial score (nSPS) is 14.8. The van der Waals surface area contributed by atoms with Gasteiger partial charge in [-0.3, -0.25) is 4.79 Å². The Labute approximate surface area is 191 Å². The van der Waals surface area contributed by atoms with Gasteiger partial charge in [0.2, 0.25) is 0 Å². The standard InChI is InChI=1S/C25H22ClNO5/c1-31-22-11-17-10-18(24(28)20(17)12-23(22)32-2)9-16-6-7-27(14-21(16)25(29)30)13-15-4-3-5-19(26)8-15/h3-8,11-12,14,18H,9-10,13H2,1-2H3/p+1. The molecule has 6 nitrogen and oxygen atoms in total. The summed E-state index contributed by atoms with van der Waals surface area (Å²) in [6.45, 7) is 0.495. The van der Waals surface area contributed by atoms with Crippen molar-refractivity contribution in [3.8, 4) is 11.5 Å². The number of carbonyl (C=O) groups excluding carboxylic acids is 1. The number of Topliss-reactive ketones (excluding diaryl/α,β-unsaturated/α-hetero) is 1. The van der Waals surface area contributed by atoms with E-state index in [1.807, 2.05) is 30.5 Å². The van der Waals surface area contributed by atoms with Crippen LogP contribution in [-0.2, 0) is 19.4 Å². The zero-order valence-corrected chi connectivity index (χ0v) is 18.6. The highest BCUT2D eigenvalue weighted by molar-refractivity contribution is 6.30. The SMILES string of the molecule is COc1cc2c(cc1OC)C(=O)C(Cc1cc[n+](Cc3cccc(Cl)c3)cc1C(=O)O)C2. The van der Waals surface area contributed by atoms with Crippen LogP contribution in [0.15, 0.2) is 54.9 Å². The van der Waals surface area contributed by atoms with E-state index in [4.69, 9.17) is 21.1 Å². The summed E-state index contributed by atoms with van der Waals surface area (Å²) in [5.74, 6) is -0.274. The molecule has 4 rings (SSSR count). The van der Waals surface area contributed by atoms with Gasteiger partial charge in [0.05, 0.1) is 14.2 Å². The van der Waals surface area contributed by atoms with Crippen molar-refractivity contribution in [2.45, 2.75) is 19.4 Å². The van der Waals surface area contributed by atoms with Gasteiger partial charge >= 0.3 is 5.97 Å². The molecule has 1 aliphatic rings. The lowest BCUT2D eigenvalue weighted by Gasteiger charge is -2.10. The molecule has 0 aliphatic heterocycles. The number of hydrogen-bond donors (Lipinski definition) is 1. The monoisotopic (exact) mass is 452 g/mol. The molecule has 1 N–H and O–H groups in total. The largest absolute Gasteiger partial charge is 0.493 e. The molecule has 3 aromatic rings. The van der Waals surface area contributed by atoms with Gasteiger partial charge in [0, 0.05) is 28.1 Å². The third kappa shape index (κ3) is 4.32. The van der Waals surface area contributed by atoms with Crippen LogP contribution in [0.2, 0.25) is 5.02 Å². The predicted molar refractivity (Wildman–Crippen MR) is 119 cm³/mol. The highest BCUT2D eigenvalue weighted by atomic mass is 35.5. The van der Waals surface area contributed by atoms with Crippen LogP contribution in [0.3, 0.4) is 0 Å². The van der Waals surface area contributed by atoms with E-state index >= 15 is 0 Å². The third-order valence-corrected chi connectivity index (χ3v) is 6.01. The number of nitrogens with zero attached hydrogens (tertiary/aromatic N) is 1. The maximum absolute atomic E-state index is 13.0. The smallest absolute Gasteiger partial charge is 0.342 e. The number of pyridine rings is 1. The first-order valence-electron chi connectivity index (χ1n) is 10.2. The first-order chi connectivity index (χ1) is 15.4. The molecule has 32 heavy (non-hydrogen) atoms. The molecule has 0 bridgehead atoms. The molecule has 2 aromatic carbocycles. The number of carboxylic acid groups (broad SMARTS) is 1. The van der Waals surface area contributed by atoms with Crippen LogP contribution in [0.4, 0.5) is 0 Å². The van der Waals surface area contributed by atoms with Gasteiger partial charge in [0.15, 0.2) is 36.2 Å². The highest BCUT2D eigenvalue weighted by Crippen LogP contribution is 2.37. The average Bonchev–Trinajstić information content (AvgIpc) is 3.08. The molecule has 1 aliphatic carbocycles. The number of carbonyl (C=O) groups is 2. The second-order valence-electron chi connectivity index (χ2n) is 7.82. The second kappa shape index (κ2) is 9.01. The summed E-state index contributed by atoms with van der Waals surface area (Å²) in [5, 5.41) is 10.4. The molecule has 0 fully saturated rings. The second-order valence-corrected chi connectivity index (χ2v) is 8.26. The highest BCUT2D eigenvalue weighted by Gasteiger charge is 2.33. The molecule has 0 radical (unpaired) electrons. The fraction of sp³-hybridized carbons (Fsp3) is 0.240. The Bertz CT molecular complexity index is 1210. The van der Waals surface area contributed by atoms with E-state index in [1.54, 1.807) is 36.1 Å². The van der Waals surface area contributed by atoms with Crippen LogP contribution >= 0.6 is 11.6 Å². The summed E-state index contributed by atoms with van der Waals surface area (Å²) in [4.78, 5) is 25.0. The molecule has 0 saturated heterocycles. The fourth-order valence-electron chi connectivity index (χ4n) is 4.21. The van der Waals surface area contributed by atoms with Gasteiger partial charge in [-0.2, -0.15) is 4.57 Å². The van der Waals surface area contributed by atoms with E-state index in [-0.39, 0.29) is 17.3 Å². The van der Waals surface area contributed by atoms with E-state index < -0.39 is 5.97 Å². The van der Waals surface area contributed by atoms with Gasteiger partial charge in [-0.1, -0.05) is 23.7 Å². The van der Waals surface area contributed by atoms with Gasteiger partial charge in [0.1, 0.15) is 5.56 Å². The Morgan fingerprint density at radius 2 is 1.91 bits per heavy atom. The van der Waals surface area contributed by atoms with E-state index in [2.05, 4.69) is 0 Å². The number of hydrogen-bond acceptors (Lipinski definition) is 4. The van der Waals surface area contributed by atoms with Crippen molar-refractivity contribution in [2.24, 2.45) is 5.92 Å². The fourth-order valence-corrected chi connectivity index (χ4v) is 4.42. The Balaban J connectivity index is 1.58. The Morgan fingerprint density at radius 3 is 2.59 bits per heavy atom. The van der Waals surface area contributed by atoms with Crippen molar-refractivity contribution in [1.82, 2.24) is 0 Å². The summed E-state index contributed by atoms with van der Waals surface area (Å²) in [6.07, 6.45) is 4.32. The third-order valence-electron chi connectivity index (χ3n) is 5.77. The summed E-state index contributed by atoms with van der Waals surface area (Å²) < 4.78 is 12.5. The first kappa shape index (κ1) is 21.8. The van der Waals surface area contributed by atoms with Gasteiger partial charge in [-0.05, 0) is 48.2 Å². The topological polar surface area (TPSA) is 76.7 Å². The predicted octanol–water partition coefficient (Wildman–Crippen LogP) is 3.99. The van der Waals surface area contributed by atoms with E-state index in [9.17, 15) is 14.7 Å². The van der Waals surface area contributed by atoms with Crippen LogP contribution in [-0.4, -0.2) is 31.1 Å². The molecular formula is C25H23ClNO5+. The van der Waals surface area contributed by atoms with E-state index in [1.165, 1.54) is 7.11 Å². The molecule has 1 aromatic heterocycles. The lowest BCUT2D eigenvalue weighted by Crippen LogP contribution is -2.35. The number of halogens is 1. The van der Waals surface area contributed by atoms with Crippen molar-refractivity contribution in [3.05, 3.63) is 87.7 Å². The number of aromatic nitrogens is 1. The quantitative estimate of drug-likeness (QED) is 0.548. The van der Waals surface area contributed by atoms with Crippen LogP contribution in [0.25, 0.3) is 0 Å². The summed E-state index contributed by atoms with van der Waals surface area (Å²) in [5.41, 5.74) is 3.28. The van der Waals surface area contributed by atoms with Crippen LogP contribution in [0, 0.1) is 5.92 Å². The van der Waals surface area contributed by atoms with Crippen molar-refractivity contribution >= 4 is 23.4 Å². The van der Waals surface area contributed by atoms with Crippen LogP contribution < -0.4 is 14.0 Å². The number of fused-ring (bicyclic) bond motifs is 1. The molecule has 0 saturated carbocycles. The summed E-state index contributed by atoms with van der Waals surface area (Å²) in [7, 11) is 3.09. The van der Waals surface area contributed by atoms with Crippen LogP contribution in [0.1, 0.15) is 37.4 Å². The van der Waals surface area contributed by atoms with E-state index in [0.29, 0.717) is 47.0 Å². The number of rotatable bonds is 7. The zero-order chi connectivity index (χ0) is 22.8. The molecule has 0 spiro atoms. The molecule has 7 heteroatoms. The van der Waals surface area contributed by atoms with Crippen LogP contribution in [0.5, 0.6) is 11.5 Å². The zero-order valence-electron chi connectivity index (χ0n) is 17.8. The summed E-state index contributed by atoms with van der Waals surface area (Å²) in [6, 6.07) is 12.8. The summed E-state index contributed by atoms with van der Waals surface area (Å²) >= 11 is 6.05. The lowest BCUT2D eigenvalue weighted by molar-refractivity contribution is -0.688. The molecule has 1 unspecified atom stereocenters. The van der Waals surface area contributed by atoms with Crippen molar-refractivity contribution in [1.29, 1.82) is 0 Å². The maximum Gasteiger partial charge on any atom is 0.342 e. The molecule has 1 atom stereocenters. The van der Waals surface area contributed by atoms with Gasteiger partial charge in [-0.25, -0.2) is 4.79 Å². The van der Waals surface area contributed by atoms with Crippen molar-refractivity contribution in [2.75, 3.05) is 14.2 Å². The molecule has 1 heterocycles. The maximum atomic E-state index is 13.0. The minimum atomic E-state index is -1.02. The number of ether oxygens (including phenoxy) is 2. The minimum absolute atomic E-state index is 0.00653. The van der Waals surface area contributed by atoms with Gasteiger partial charge in [0.25, 0.3) is 0 Å². The number of ketones is 1. The number of carboxylic acids is 1. The molecular weight excluding hydrogens is 430 g/mol. The number of benzene rings is 2. The van der Waals surface area contributed by atoms with Crippen molar-refractivity contribution < 1.29 is 28.7 Å². The van der Waals surface area contributed by atoms with Gasteiger partial charge in [-0.15, -0.1) is 0 Å².